The molecule has 0 saturated heterocycles. The number of urea groups is 1. The van der Waals surface area contributed by atoms with E-state index in [2.05, 4.69) is 5.32 Å². The Morgan fingerprint density at radius 2 is 1.92 bits per heavy atom. The summed E-state index contributed by atoms with van der Waals surface area (Å²) in [7, 11) is 0. The van der Waals surface area contributed by atoms with Crippen molar-refractivity contribution >= 4 is 35.2 Å². The highest BCUT2D eigenvalue weighted by Crippen LogP contribution is 2.25. The zero-order valence-corrected chi connectivity index (χ0v) is 14.0. The summed E-state index contributed by atoms with van der Waals surface area (Å²) in [6.07, 6.45) is 0. The van der Waals surface area contributed by atoms with E-state index in [-0.39, 0.29) is 10.6 Å². The van der Waals surface area contributed by atoms with Crippen LogP contribution in [0, 0.1) is 10.1 Å². The summed E-state index contributed by atoms with van der Waals surface area (Å²) in [6, 6.07) is 2.61. The molecule has 24 heavy (non-hydrogen) atoms. The van der Waals surface area contributed by atoms with Gasteiger partial charge in [0.1, 0.15) is 5.02 Å². The number of hydrogen-bond acceptors (Lipinski definition) is 6. The van der Waals surface area contributed by atoms with E-state index in [0.717, 1.165) is 6.07 Å². The lowest BCUT2D eigenvalue weighted by Crippen LogP contribution is -2.49. The molecule has 1 aromatic carbocycles. The van der Waals surface area contributed by atoms with Crippen molar-refractivity contribution in [2.75, 3.05) is 6.61 Å². The zero-order chi connectivity index (χ0) is 18.5. The van der Waals surface area contributed by atoms with Gasteiger partial charge in [-0.3, -0.25) is 20.2 Å². The van der Waals surface area contributed by atoms with Gasteiger partial charge in [-0.2, -0.15) is 0 Å². The topological polar surface area (TPSA) is 128 Å². The Hall–Kier alpha value is -2.68. The van der Waals surface area contributed by atoms with Crippen LogP contribution in [0.3, 0.4) is 0 Å². The Balaban J connectivity index is 2.60. The van der Waals surface area contributed by atoms with Crippen LogP contribution < -0.4 is 10.6 Å². The average Bonchev–Trinajstić information content (AvgIpc) is 2.42. The predicted molar refractivity (Wildman–Crippen MR) is 84.8 cm³/mol. The molecule has 0 saturated carbocycles. The normalized spacial score (nSPS) is 10.7. The van der Waals surface area contributed by atoms with Gasteiger partial charge in [0.25, 0.3) is 11.6 Å². The largest absolute Gasteiger partial charge is 0.452 e. The fourth-order valence-corrected chi connectivity index (χ4v) is 1.72. The number of imide groups is 1. The fraction of sp³-hybridized carbons (Fsp3) is 0.357. The Labute approximate surface area is 142 Å². The summed E-state index contributed by atoms with van der Waals surface area (Å²) in [5.74, 6) is -1.80. The van der Waals surface area contributed by atoms with E-state index < -0.39 is 40.7 Å². The van der Waals surface area contributed by atoms with E-state index in [1.54, 1.807) is 20.8 Å². The van der Waals surface area contributed by atoms with Crippen molar-refractivity contribution in [2.24, 2.45) is 0 Å². The molecule has 0 unspecified atom stereocenters. The van der Waals surface area contributed by atoms with Crippen LogP contribution in [-0.4, -0.2) is 35.0 Å². The number of nitrogens with zero attached hydrogens (tertiary/aromatic N) is 1. The van der Waals surface area contributed by atoms with Crippen LogP contribution in [0.2, 0.25) is 5.02 Å². The molecule has 0 aliphatic rings. The minimum atomic E-state index is -0.957. The van der Waals surface area contributed by atoms with Gasteiger partial charge >= 0.3 is 12.0 Å². The lowest BCUT2D eigenvalue weighted by molar-refractivity contribution is -0.384. The van der Waals surface area contributed by atoms with Gasteiger partial charge in [-0.25, -0.2) is 9.59 Å². The third-order valence-corrected chi connectivity index (χ3v) is 2.77. The van der Waals surface area contributed by atoms with Gasteiger partial charge in [-0.1, -0.05) is 11.6 Å². The fourth-order valence-electron chi connectivity index (χ4n) is 1.53. The number of amides is 3. The molecule has 2 N–H and O–H groups in total. The lowest BCUT2D eigenvalue weighted by Gasteiger charge is -2.20. The van der Waals surface area contributed by atoms with Crippen molar-refractivity contribution in [1.29, 1.82) is 0 Å². The van der Waals surface area contributed by atoms with Gasteiger partial charge in [0.2, 0.25) is 0 Å². The molecule has 0 heterocycles. The third-order valence-electron chi connectivity index (χ3n) is 2.45. The maximum absolute atomic E-state index is 11.8. The standard InChI is InChI=1S/C14H16ClN3O6/c1-14(2,3)17-13(21)16-11(19)7-24-12(20)8-4-5-9(15)10(6-8)18(22)23/h4-6H,7H2,1-3H3,(H2,16,17,19,21). The molecule has 0 atom stereocenters. The number of carbonyl (C=O) groups is 3. The molecule has 0 aliphatic heterocycles. The van der Waals surface area contributed by atoms with Crippen molar-refractivity contribution in [3.05, 3.63) is 38.9 Å². The second-order valence-electron chi connectivity index (χ2n) is 5.75. The first-order chi connectivity index (χ1) is 11.0. The highest BCUT2D eigenvalue weighted by molar-refractivity contribution is 6.32. The van der Waals surface area contributed by atoms with Crippen LogP contribution in [-0.2, 0) is 9.53 Å². The van der Waals surface area contributed by atoms with Crippen LogP contribution in [0.25, 0.3) is 0 Å². The molecule has 130 valence electrons. The second kappa shape index (κ2) is 7.73. The van der Waals surface area contributed by atoms with E-state index in [4.69, 9.17) is 16.3 Å². The van der Waals surface area contributed by atoms with Crippen LogP contribution in [0.1, 0.15) is 31.1 Å². The number of nitro benzene ring substituents is 1. The molecule has 0 spiro atoms. The first-order valence-corrected chi connectivity index (χ1v) is 7.10. The first-order valence-electron chi connectivity index (χ1n) is 6.72. The van der Waals surface area contributed by atoms with Crippen LogP contribution in [0.15, 0.2) is 18.2 Å². The van der Waals surface area contributed by atoms with Crippen molar-refractivity contribution in [3.8, 4) is 0 Å². The molecule has 1 aromatic rings. The molecular formula is C14H16ClN3O6. The molecule has 9 nitrogen and oxygen atoms in total. The van der Waals surface area contributed by atoms with Crippen LogP contribution in [0.5, 0.6) is 0 Å². The smallest absolute Gasteiger partial charge is 0.338 e. The molecule has 3 amide bonds. The molecular weight excluding hydrogens is 342 g/mol. The average molecular weight is 358 g/mol. The van der Waals surface area contributed by atoms with E-state index in [0.29, 0.717) is 0 Å². The van der Waals surface area contributed by atoms with E-state index in [1.165, 1.54) is 12.1 Å². The van der Waals surface area contributed by atoms with Crippen LogP contribution in [0.4, 0.5) is 10.5 Å². The Bertz CT molecular complexity index is 684. The van der Waals surface area contributed by atoms with Gasteiger partial charge in [-0.05, 0) is 32.9 Å². The third kappa shape index (κ3) is 6.21. The highest BCUT2D eigenvalue weighted by atomic mass is 35.5. The molecule has 1 rings (SSSR count). The molecule has 0 aliphatic carbocycles. The van der Waals surface area contributed by atoms with Crippen molar-refractivity contribution in [2.45, 2.75) is 26.3 Å². The minimum Gasteiger partial charge on any atom is -0.452 e. The van der Waals surface area contributed by atoms with E-state index >= 15 is 0 Å². The lowest BCUT2D eigenvalue weighted by atomic mass is 10.1. The number of hydrogen-bond donors (Lipinski definition) is 2. The SMILES string of the molecule is CC(C)(C)NC(=O)NC(=O)COC(=O)c1ccc(Cl)c([N+](=O)[O-])c1. The number of rotatable bonds is 4. The van der Waals surface area contributed by atoms with Gasteiger partial charge in [0.05, 0.1) is 10.5 Å². The Morgan fingerprint density at radius 1 is 1.29 bits per heavy atom. The number of ether oxygens (including phenoxy) is 1. The quantitative estimate of drug-likeness (QED) is 0.482. The zero-order valence-electron chi connectivity index (χ0n) is 13.2. The maximum Gasteiger partial charge on any atom is 0.338 e. The van der Waals surface area contributed by atoms with Crippen molar-refractivity contribution in [1.82, 2.24) is 10.6 Å². The summed E-state index contributed by atoms with van der Waals surface area (Å²) in [6.45, 7) is 4.46. The number of nitro groups is 1. The number of carbonyl (C=O) groups excluding carboxylic acids is 3. The summed E-state index contributed by atoms with van der Waals surface area (Å²) < 4.78 is 4.70. The summed E-state index contributed by atoms with van der Waals surface area (Å²) in [5.41, 5.74) is -1.14. The van der Waals surface area contributed by atoms with E-state index in [9.17, 15) is 24.5 Å². The molecule has 0 bridgehead atoms. The first kappa shape index (κ1) is 19.4. The Morgan fingerprint density at radius 3 is 2.46 bits per heavy atom. The molecule has 0 aromatic heterocycles. The Kier molecular flexibility index (Phi) is 6.24. The van der Waals surface area contributed by atoms with Crippen molar-refractivity contribution < 1.29 is 24.0 Å². The summed E-state index contributed by atoms with van der Waals surface area (Å²) >= 11 is 5.63. The number of benzene rings is 1. The number of halogens is 1. The van der Waals surface area contributed by atoms with Gasteiger partial charge in [0, 0.05) is 11.6 Å². The van der Waals surface area contributed by atoms with E-state index in [1.807, 2.05) is 5.32 Å². The summed E-state index contributed by atoms with van der Waals surface area (Å²) in [4.78, 5) is 44.8. The molecule has 10 heteroatoms. The molecule has 0 radical (unpaired) electrons. The second-order valence-corrected chi connectivity index (χ2v) is 6.16. The minimum absolute atomic E-state index is 0.131. The highest BCUT2D eigenvalue weighted by Gasteiger charge is 2.19. The maximum atomic E-state index is 11.8. The van der Waals surface area contributed by atoms with Crippen molar-refractivity contribution in [3.63, 3.8) is 0 Å². The number of nitrogens with one attached hydrogen (secondary N) is 2. The molecule has 0 fully saturated rings. The monoisotopic (exact) mass is 357 g/mol. The van der Waals surface area contributed by atoms with Crippen LogP contribution >= 0.6 is 11.6 Å². The number of esters is 1. The van der Waals surface area contributed by atoms with Gasteiger partial charge in [-0.15, -0.1) is 0 Å². The van der Waals surface area contributed by atoms with Gasteiger partial charge < -0.3 is 10.1 Å². The summed E-state index contributed by atoms with van der Waals surface area (Å²) in [5, 5.41) is 15.1. The predicted octanol–water partition coefficient (Wildman–Crippen LogP) is 2.03. The van der Waals surface area contributed by atoms with Gasteiger partial charge in [0.15, 0.2) is 6.61 Å².